The SMILES string of the molecule is CCOc1ccc(Br)cc1CN(C(=O)C(N)COC)C1CC1. The van der Waals surface area contributed by atoms with Crippen LogP contribution in [0.15, 0.2) is 22.7 Å². The molecule has 1 amide bonds. The van der Waals surface area contributed by atoms with E-state index in [-0.39, 0.29) is 18.6 Å². The van der Waals surface area contributed by atoms with Gasteiger partial charge < -0.3 is 20.1 Å². The van der Waals surface area contributed by atoms with E-state index in [9.17, 15) is 4.79 Å². The molecular weight excluding hydrogens is 348 g/mol. The van der Waals surface area contributed by atoms with Crippen LogP contribution in [0.3, 0.4) is 0 Å². The Bertz CT molecular complexity index is 520. The Balaban J connectivity index is 2.17. The van der Waals surface area contributed by atoms with E-state index in [0.717, 1.165) is 28.6 Å². The van der Waals surface area contributed by atoms with Gasteiger partial charge in [0.15, 0.2) is 0 Å². The minimum Gasteiger partial charge on any atom is -0.494 e. The first-order chi connectivity index (χ1) is 10.6. The number of carbonyl (C=O) groups excluding carboxylic acids is 1. The molecule has 5 nitrogen and oxygen atoms in total. The molecule has 6 heteroatoms. The standard InChI is InChI=1S/C16H23BrN2O3/c1-3-22-15-7-4-12(17)8-11(15)9-19(13-5-6-13)16(20)14(18)10-21-2/h4,7-8,13-14H,3,5-6,9-10,18H2,1-2H3. The number of nitrogens with zero attached hydrogens (tertiary/aromatic N) is 1. The van der Waals surface area contributed by atoms with Gasteiger partial charge in [-0.05, 0) is 38.0 Å². The van der Waals surface area contributed by atoms with Crippen LogP contribution in [0.25, 0.3) is 0 Å². The molecule has 1 saturated carbocycles. The number of methoxy groups -OCH3 is 1. The number of hydrogen-bond donors (Lipinski definition) is 1. The number of amides is 1. The molecule has 1 atom stereocenters. The molecule has 0 bridgehead atoms. The molecule has 122 valence electrons. The Morgan fingerprint density at radius 3 is 2.82 bits per heavy atom. The van der Waals surface area contributed by atoms with Gasteiger partial charge in [-0.2, -0.15) is 0 Å². The summed E-state index contributed by atoms with van der Waals surface area (Å²) in [5, 5.41) is 0. The third kappa shape index (κ3) is 4.44. The molecule has 1 fully saturated rings. The fourth-order valence-corrected chi connectivity index (χ4v) is 2.80. The summed E-state index contributed by atoms with van der Waals surface area (Å²) in [5.74, 6) is 0.747. The highest BCUT2D eigenvalue weighted by atomic mass is 79.9. The maximum atomic E-state index is 12.5. The van der Waals surface area contributed by atoms with Gasteiger partial charge in [0.05, 0.1) is 13.2 Å². The lowest BCUT2D eigenvalue weighted by atomic mass is 10.1. The molecule has 1 aliphatic rings. The van der Waals surface area contributed by atoms with Crippen molar-refractivity contribution in [3.8, 4) is 5.75 Å². The van der Waals surface area contributed by atoms with Crippen LogP contribution < -0.4 is 10.5 Å². The van der Waals surface area contributed by atoms with Crippen LogP contribution in [0.1, 0.15) is 25.3 Å². The number of hydrogen-bond acceptors (Lipinski definition) is 4. The van der Waals surface area contributed by atoms with Crippen molar-refractivity contribution in [1.82, 2.24) is 4.90 Å². The van der Waals surface area contributed by atoms with Gasteiger partial charge in [0.25, 0.3) is 0 Å². The highest BCUT2D eigenvalue weighted by Crippen LogP contribution is 2.32. The Hall–Kier alpha value is -1.11. The fraction of sp³-hybridized carbons (Fsp3) is 0.562. The van der Waals surface area contributed by atoms with Gasteiger partial charge in [0, 0.05) is 29.7 Å². The van der Waals surface area contributed by atoms with Crippen LogP contribution >= 0.6 is 15.9 Å². The summed E-state index contributed by atoms with van der Waals surface area (Å²) >= 11 is 3.48. The predicted octanol–water partition coefficient (Wildman–Crippen LogP) is 2.31. The first-order valence-electron chi connectivity index (χ1n) is 7.53. The monoisotopic (exact) mass is 370 g/mol. The van der Waals surface area contributed by atoms with Gasteiger partial charge in [0.2, 0.25) is 5.91 Å². The summed E-state index contributed by atoms with van der Waals surface area (Å²) in [7, 11) is 1.55. The zero-order chi connectivity index (χ0) is 16.1. The zero-order valence-electron chi connectivity index (χ0n) is 13.0. The molecule has 1 aromatic rings. The highest BCUT2D eigenvalue weighted by Gasteiger charge is 2.35. The van der Waals surface area contributed by atoms with Gasteiger partial charge in [0.1, 0.15) is 11.8 Å². The molecular formula is C16H23BrN2O3. The number of benzene rings is 1. The van der Waals surface area contributed by atoms with Crippen LogP contribution in [-0.4, -0.2) is 43.2 Å². The van der Waals surface area contributed by atoms with Crippen molar-refractivity contribution in [3.63, 3.8) is 0 Å². The largest absolute Gasteiger partial charge is 0.494 e. The molecule has 0 aromatic heterocycles. The molecule has 22 heavy (non-hydrogen) atoms. The molecule has 1 unspecified atom stereocenters. The van der Waals surface area contributed by atoms with E-state index in [1.807, 2.05) is 30.0 Å². The van der Waals surface area contributed by atoms with Gasteiger partial charge in [-0.1, -0.05) is 15.9 Å². The molecule has 2 rings (SSSR count). The number of carbonyl (C=O) groups is 1. The van der Waals surface area contributed by atoms with Crippen LogP contribution in [0, 0.1) is 0 Å². The van der Waals surface area contributed by atoms with Crippen LogP contribution in [0.5, 0.6) is 5.75 Å². The second kappa shape index (κ2) is 7.94. The van der Waals surface area contributed by atoms with E-state index in [1.165, 1.54) is 0 Å². The first kappa shape index (κ1) is 17.2. The predicted molar refractivity (Wildman–Crippen MR) is 88.7 cm³/mol. The van der Waals surface area contributed by atoms with Crippen molar-refractivity contribution in [2.45, 2.75) is 38.4 Å². The summed E-state index contributed by atoms with van der Waals surface area (Å²) in [4.78, 5) is 14.4. The Labute approximate surface area is 139 Å². The number of halogens is 1. The Kier molecular flexibility index (Phi) is 6.23. The van der Waals surface area contributed by atoms with Crippen molar-refractivity contribution >= 4 is 21.8 Å². The molecule has 0 aliphatic heterocycles. The number of nitrogens with two attached hydrogens (primary N) is 1. The lowest BCUT2D eigenvalue weighted by Crippen LogP contribution is -2.46. The fourth-order valence-electron chi connectivity index (χ4n) is 2.39. The second-order valence-electron chi connectivity index (χ2n) is 5.44. The lowest BCUT2D eigenvalue weighted by molar-refractivity contribution is -0.135. The topological polar surface area (TPSA) is 64.8 Å². The molecule has 0 heterocycles. The molecule has 0 saturated heterocycles. The third-order valence-electron chi connectivity index (χ3n) is 3.60. The van der Waals surface area contributed by atoms with Crippen molar-refractivity contribution in [2.75, 3.05) is 20.3 Å². The molecule has 1 aliphatic carbocycles. The molecule has 1 aromatic carbocycles. The van der Waals surface area contributed by atoms with Crippen molar-refractivity contribution < 1.29 is 14.3 Å². The number of rotatable bonds is 8. The van der Waals surface area contributed by atoms with Crippen LogP contribution in [-0.2, 0) is 16.1 Å². The zero-order valence-corrected chi connectivity index (χ0v) is 14.6. The van der Waals surface area contributed by atoms with E-state index in [1.54, 1.807) is 7.11 Å². The van der Waals surface area contributed by atoms with E-state index in [0.29, 0.717) is 13.2 Å². The van der Waals surface area contributed by atoms with Gasteiger partial charge in [-0.15, -0.1) is 0 Å². The summed E-state index contributed by atoms with van der Waals surface area (Å²) in [6.45, 7) is 3.29. The van der Waals surface area contributed by atoms with E-state index < -0.39 is 6.04 Å². The minimum absolute atomic E-state index is 0.0632. The molecule has 0 radical (unpaired) electrons. The molecule has 0 spiro atoms. The third-order valence-corrected chi connectivity index (χ3v) is 4.09. The maximum Gasteiger partial charge on any atom is 0.242 e. The summed E-state index contributed by atoms with van der Waals surface area (Å²) in [5.41, 5.74) is 6.90. The minimum atomic E-state index is -0.617. The lowest BCUT2D eigenvalue weighted by Gasteiger charge is -2.26. The smallest absolute Gasteiger partial charge is 0.242 e. The first-order valence-corrected chi connectivity index (χ1v) is 8.32. The van der Waals surface area contributed by atoms with Crippen LogP contribution in [0.4, 0.5) is 0 Å². The maximum absolute atomic E-state index is 12.5. The summed E-state index contributed by atoms with van der Waals surface area (Å²) < 4.78 is 11.6. The van der Waals surface area contributed by atoms with E-state index >= 15 is 0 Å². The van der Waals surface area contributed by atoms with Gasteiger partial charge in [-0.3, -0.25) is 4.79 Å². The number of ether oxygens (including phenoxy) is 2. The summed E-state index contributed by atoms with van der Waals surface area (Å²) in [6, 6.07) is 5.52. The highest BCUT2D eigenvalue weighted by molar-refractivity contribution is 9.10. The van der Waals surface area contributed by atoms with Crippen molar-refractivity contribution in [2.24, 2.45) is 5.73 Å². The van der Waals surface area contributed by atoms with Gasteiger partial charge in [-0.25, -0.2) is 0 Å². The van der Waals surface area contributed by atoms with Gasteiger partial charge >= 0.3 is 0 Å². The average Bonchev–Trinajstić information content (AvgIpc) is 3.31. The average molecular weight is 371 g/mol. The van der Waals surface area contributed by atoms with Crippen LogP contribution in [0.2, 0.25) is 0 Å². The summed E-state index contributed by atoms with van der Waals surface area (Å²) in [6.07, 6.45) is 2.06. The molecule has 2 N–H and O–H groups in total. The Morgan fingerprint density at radius 1 is 1.50 bits per heavy atom. The van der Waals surface area contributed by atoms with Crippen molar-refractivity contribution in [3.05, 3.63) is 28.2 Å². The quantitative estimate of drug-likeness (QED) is 0.762. The van der Waals surface area contributed by atoms with Crippen molar-refractivity contribution in [1.29, 1.82) is 0 Å². The van der Waals surface area contributed by atoms with E-state index in [4.69, 9.17) is 15.2 Å². The normalized spacial score (nSPS) is 15.5. The van der Waals surface area contributed by atoms with E-state index in [2.05, 4.69) is 15.9 Å². The Morgan fingerprint density at radius 2 is 2.23 bits per heavy atom. The second-order valence-corrected chi connectivity index (χ2v) is 6.36.